The van der Waals surface area contributed by atoms with Crippen molar-refractivity contribution in [2.75, 3.05) is 11.9 Å². The van der Waals surface area contributed by atoms with E-state index in [0.717, 1.165) is 17.0 Å². The van der Waals surface area contributed by atoms with Crippen molar-refractivity contribution in [3.8, 4) is 0 Å². The molecule has 0 bridgehead atoms. The molecule has 0 aliphatic carbocycles. The van der Waals surface area contributed by atoms with Crippen LogP contribution < -0.4 is 5.32 Å². The lowest BCUT2D eigenvalue weighted by atomic mass is 10.2. The molecule has 0 atom stereocenters. The van der Waals surface area contributed by atoms with Crippen molar-refractivity contribution in [1.29, 1.82) is 0 Å². The summed E-state index contributed by atoms with van der Waals surface area (Å²) in [5.74, 6) is -0.259. The number of hydrogen-bond acceptors (Lipinski definition) is 7. The first-order valence-electron chi connectivity index (χ1n) is 9.16. The highest BCUT2D eigenvalue weighted by Crippen LogP contribution is 2.31. The van der Waals surface area contributed by atoms with Gasteiger partial charge in [0.25, 0.3) is 5.91 Å². The highest BCUT2D eigenvalue weighted by Gasteiger charge is 2.31. The summed E-state index contributed by atoms with van der Waals surface area (Å²) in [5.41, 5.74) is 1.06. The van der Waals surface area contributed by atoms with Crippen LogP contribution in [0.15, 0.2) is 47.4 Å². The molecule has 0 spiro atoms. The van der Waals surface area contributed by atoms with Crippen molar-refractivity contribution < 1.29 is 9.59 Å². The van der Waals surface area contributed by atoms with Crippen LogP contribution in [0, 0.1) is 0 Å². The maximum Gasteiger partial charge on any atom is 0.266 e. The zero-order valence-corrected chi connectivity index (χ0v) is 18.3. The van der Waals surface area contributed by atoms with Crippen LogP contribution in [0.3, 0.4) is 0 Å². The lowest BCUT2D eigenvalue weighted by Gasteiger charge is -2.13. The monoisotopic (exact) mass is 444 g/mol. The van der Waals surface area contributed by atoms with Gasteiger partial charge in [0.1, 0.15) is 9.33 Å². The number of amides is 2. The molecule has 6 nitrogen and oxygen atoms in total. The number of nitrogens with one attached hydrogen (secondary N) is 1. The molecule has 29 heavy (non-hydrogen) atoms. The van der Waals surface area contributed by atoms with Crippen LogP contribution in [0.25, 0.3) is 6.08 Å². The van der Waals surface area contributed by atoms with Gasteiger partial charge in [-0.25, -0.2) is 0 Å². The fraction of sp³-hybridized carbons (Fsp3) is 0.250. The molecular weight excluding hydrogens is 424 g/mol. The molecule has 1 saturated heterocycles. The van der Waals surface area contributed by atoms with Gasteiger partial charge in [0.05, 0.1) is 4.91 Å². The summed E-state index contributed by atoms with van der Waals surface area (Å²) < 4.78 is 0.520. The number of benzene rings is 1. The fourth-order valence-corrected chi connectivity index (χ4v) is 4.50. The van der Waals surface area contributed by atoms with Crippen LogP contribution in [-0.2, 0) is 16.0 Å². The summed E-state index contributed by atoms with van der Waals surface area (Å²) in [4.78, 5) is 26.8. The maximum atomic E-state index is 12.6. The molecular formula is C20H20N4O2S3. The van der Waals surface area contributed by atoms with Gasteiger partial charge in [-0.15, -0.1) is 10.2 Å². The Kier molecular flexibility index (Phi) is 7.68. The van der Waals surface area contributed by atoms with Gasteiger partial charge < -0.3 is 5.32 Å². The lowest BCUT2D eigenvalue weighted by molar-refractivity contribution is -0.122. The van der Waals surface area contributed by atoms with Gasteiger partial charge in [0, 0.05) is 13.0 Å². The van der Waals surface area contributed by atoms with E-state index in [4.69, 9.17) is 12.2 Å². The Hall–Kier alpha value is -2.36. The molecule has 2 aromatic rings. The average Bonchev–Trinajstić information content (AvgIpc) is 3.28. The first-order valence-corrected chi connectivity index (χ1v) is 11.2. The minimum atomic E-state index is -0.143. The number of allylic oxidation sites excluding steroid dienone is 2. The van der Waals surface area contributed by atoms with Crippen molar-refractivity contribution >= 4 is 62.7 Å². The highest BCUT2D eigenvalue weighted by atomic mass is 32.2. The van der Waals surface area contributed by atoms with Crippen LogP contribution in [0.4, 0.5) is 5.13 Å². The Bertz CT molecular complexity index is 954. The zero-order valence-electron chi connectivity index (χ0n) is 15.8. The van der Waals surface area contributed by atoms with Crippen LogP contribution in [-0.4, -0.2) is 37.8 Å². The second-order valence-electron chi connectivity index (χ2n) is 6.13. The predicted octanol–water partition coefficient (Wildman–Crippen LogP) is 4.28. The molecule has 0 unspecified atom stereocenters. The zero-order chi connectivity index (χ0) is 20.6. The topological polar surface area (TPSA) is 75.2 Å². The first kappa shape index (κ1) is 21.4. The number of nitrogens with zero attached hydrogens (tertiary/aromatic N) is 3. The van der Waals surface area contributed by atoms with E-state index in [-0.39, 0.29) is 18.2 Å². The summed E-state index contributed by atoms with van der Waals surface area (Å²) in [5, 5.41) is 12.0. The summed E-state index contributed by atoms with van der Waals surface area (Å²) >= 11 is 7.98. The van der Waals surface area contributed by atoms with Gasteiger partial charge in [0.15, 0.2) is 0 Å². The van der Waals surface area contributed by atoms with Crippen LogP contribution >= 0.6 is 35.3 Å². The largest absolute Gasteiger partial charge is 0.301 e. The second kappa shape index (κ2) is 10.4. The number of carbonyl (C=O) groups excluding carboxylic acids is 2. The number of thiocarbonyl (C=S) groups is 1. The molecule has 1 fully saturated rings. The normalized spacial score (nSPS) is 15.6. The predicted molar refractivity (Wildman–Crippen MR) is 123 cm³/mol. The third kappa shape index (κ3) is 6.06. The molecule has 0 saturated carbocycles. The van der Waals surface area contributed by atoms with Gasteiger partial charge >= 0.3 is 0 Å². The third-order valence-electron chi connectivity index (χ3n) is 4.01. The molecule has 3 rings (SSSR count). The number of anilines is 1. The molecule has 1 aliphatic rings. The van der Waals surface area contributed by atoms with E-state index in [1.165, 1.54) is 23.1 Å². The standard InChI is InChI=1S/C20H20N4O2S3/c1-2-17-22-23-19(29-17)21-16(25)12-7-13-24-18(26)15(28-20(24)27)11-6-10-14-8-4-3-5-9-14/h3-6,8-11H,2,7,12-13H2,1H3,(H,21,23,25). The molecule has 0 radical (unpaired) electrons. The Morgan fingerprint density at radius 1 is 1.28 bits per heavy atom. The van der Waals surface area contributed by atoms with Crippen LogP contribution in [0.1, 0.15) is 30.3 Å². The van der Waals surface area contributed by atoms with Gasteiger partial charge in [0.2, 0.25) is 11.0 Å². The Morgan fingerprint density at radius 3 is 2.79 bits per heavy atom. The maximum absolute atomic E-state index is 12.6. The van der Waals surface area contributed by atoms with E-state index in [0.29, 0.717) is 27.3 Å². The van der Waals surface area contributed by atoms with Gasteiger partial charge in [-0.05, 0) is 24.5 Å². The van der Waals surface area contributed by atoms with E-state index in [1.807, 2.05) is 49.4 Å². The van der Waals surface area contributed by atoms with Crippen LogP contribution in [0.2, 0.25) is 0 Å². The van der Waals surface area contributed by atoms with E-state index >= 15 is 0 Å². The van der Waals surface area contributed by atoms with E-state index in [9.17, 15) is 9.59 Å². The quantitative estimate of drug-likeness (QED) is 0.484. The molecule has 2 amide bonds. The molecule has 9 heteroatoms. The summed E-state index contributed by atoms with van der Waals surface area (Å²) in [6.45, 7) is 2.40. The third-order valence-corrected chi connectivity index (χ3v) is 6.39. The highest BCUT2D eigenvalue weighted by molar-refractivity contribution is 8.26. The number of thioether (sulfide) groups is 1. The number of carbonyl (C=O) groups is 2. The number of aromatic nitrogens is 2. The van der Waals surface area contributed by atoms with Gasteiger partial charge in [-0.1, -0.05) is 84.7 Å². The van der Waals surface area contributed by atoms with Crippen molar-refractivity contribution in [3.63, 3.8) is 0 Å². The molecule has 1 aromatic heterocycles. The second-order valence-corrected chi connectivity index (χ2v) is 8.87. The first-order chi connectivity index (χ1) is 14.1. The SMILES string of the molecule is CCc1nnc(NC(=O)CCCN2C(=O)C(=CC=Cc3ccccc3)SC2=S)s1. The number of hydrogen-bond donors (Lipinski definition) is 1. The summed E-state index contributed by atoms with van der Waals surface area (Å²) in [6, 6.07) is 9.86. The minimum absolute atomic E-state index is 0.116. The van der Waals surface area contributed by atoms with Crippen molar-refractivity contribution in [3.05, 3.63) is 58.0 Å². The smallest absolute Gasteiger partial charge is 0.266 e. The van der Waals surface area contributed by atoms with Crippen molar-refractivity contribution in [2.24, 2.45) is 0 Å². The van der Waals surface area contributed by atoms with Gasteiger partial charge in [-0.2, -0.15) is 0 Å². The molecule has 150 valence electrons. The average molecular weight is 445 g/mol. The van der Waals surface area contributed by atoms with Crippen molar-refractivity contribution in [1.82, 2.24) is 15.1 Å². The van der Waals surface area contributed by atoms with Crippen LogP contribution in [0.5, 0.6) is 0 Å². The molecule has 1 N–H and O–H groups in total. The molecule has 1 aromatic carbocycles. The van der Waals surface area contributed by atoms with E-state index in [2.05, 4.69) is 15.5 Å². The minimum Gasteiger partial charge on any atom is -0.301 e. The number of rotatable bonds is 8. The van der Waals surface area contributed by atoms with Gasteiger partial charge in [-0.3, -0.25) is 14.5 Å². The summed E-state index contributed by atoms with van der Waals surface area (Å²) in [7, 11) is 0. The molecule has 2 heterocycles. The lowest BCUT2D eigenvalue weighted by Crippen LogP contribution is -2.29. The molecule has 1 aliphatic heterocycles. The van der Waals surface area contributed by atoms with Crippen molar-refractivity contribution in [2.45, 2.75) is 26.2 Å². The van der Waals surface area contributed by atoms with E-state index in [1.54, 1.807) is 11.0 Å². The Morgan fingerprint density at radius 2 is 2.07 bits per heavy atom. The number of aryl methyl sites for hydroxylation is 1. The van der Waals surface area contributed by atoms with E-state index < -0.39 is 0 Å². The summed E-state index contributed by atoms with van der Waals surface area (Å²) in [6.07, 6.45) is 7.15. The Balaban J connectivity index is 1.47. The Labute approximate surface area is 183 Å². The fourth-order valence-electron chi connectivity index (χ4n) is 2.54.